The van der Waals surface area contributed by atoms with E-state index in [0.717, 1.165) is 24.2 Å². The molecule has 0 aliphatic rings. The number of hydrogen-bond donors (Lipinski definition) is 0. The molecule has 2 aromatic rings. The molecule has 104 valence electrons. The van der Waals surface area contributed by atoms with E-state index in [9.17, 15) is 0 Å². The molecule has 2 heterocycles. The third-order valence-electron chi connectivity index (χ3n) is 2.82. The highest BCUT2D eigenvalue weighted by atomic mass is 35.5. The normalized spacial score (nSPS) is 11.6. The minimum Gasteiger partial charge on any atom is -0.380 e. The number of hydrogen-bond acceptors (Lipinski definition) is 5. The van der Waals surface area contributed by atoms with Crippen molar-refractivity contribution in [1.82, 2.24) is 24.6 Å². The van der Waals surface area contributed by atoms with Crippen molar-refractivity contribution in [1.29, 1.82) is 0 Å². The Morgan fingerprint density at radius 3 is 2.95 bits per heavy atom. The minimum atomic E-state index is 0.450. The Balaban J connectivity index is 2.10. The lowest BCUT2D eigenvalue weighted by Gasteiger charge is -2.15. The van der Waals surface area contributed by atoms with Crippen LogP contribution in [-0.4, -0.2) is 51.5 Å². The first-order valence-corrected chi connectivity index (χ1v) is 6.60. The summed E-state index contributed by atoms with van der Waals surface area (Å²) in [7, 11) is 3.85. The first kappa shape index (κ1) is 14.2. The lowest BCUT2D eigenvalue weighted by atomic mass is 10.4. The molecule has 0 saturated carbocycles. The van der Waals surface area contributed by atoms with Crippen LogP contribution in [0.3, 0.4) is 0 Å². The van der Waals surface area contributed by atoms with Gasteiger partial charge in [0.25, 0.3) is 0 Å². The molecule has 0 amide bonds. The topological polar surface area (TPSA) is 56.1 Å². The van der Waals surface area contributed by atoms with Crippen molar-refractivity contribution in [2.45, 2.75) is 13.5 Å². The van der Waals surface area contributed by atoms with Gasteiger partial charge in [-0.1, -0.05) is 11.6 Å². The molecule has 2 aromatic heterocycles. The van der Waals surface area contributed by atoms with Crippen molar-refractivity contribution >= 4 is 22.6 Å². The maximum absolute atomic E-state index is 6.14. The predicted molar refractivity (Wildman–Crippen MR) is 74.1 cm³/mol. The van der Waals surface area contributed by atoms with Crippen molar-refractivity contribution in [2.24, 2.45) is 7.05 Å². The number of rotatable bonds is 6. The van der Waals surface area contributed by atoms with Gasteiger partial charge in [-0.3, -0.25) is 9.58 Å². The van der Waals surface area contributed by atoms with Gasteiger partial charge < -0.3 is 4.74 Å². The van der Waals surface area contributed by atoms with E-state index in [4.69, 9.17) is 16.3 Å². The molecule has 0 aliphatic heterocycles. The first-order valence-electron chi connectivity index (χ1n) is 6.22. The Hall–Kier alpha value is -1.24. The summed E-state index contributed by atoms with van der Waals surface area (Å²) in [5.41, 5.74) is 0.758. The Morgan fingerprint density at radius 1 is 1.42 bits per heavy atom. The van der Waals surface area contributed by atoms with Crippen LogP contribution in [0.4, 0.5) is 0 Å². The van der Waals surface area contributed by atoms with Crippen LogP contribution < -0.4 is 0 Å². The number of fused-ring (bicyclic) bond motifs is 1. The maximum Gasteiger partial charge on any atom is 0.162 e. The summed E-state index contributed by atoms with van der Waals surface area (Å²) in [6.45, 7) is 4.89. The molecule has 0 aliphatic carbocycles. The molecular weight excluding hydrogens is 266 g/mol. The van der Waals surface area contributed by atoms with Gasteiger partial charge in [0, 0.05) is 20.2 Å². The van der Waals surface area contributed by atoms with Crippen molar-refractivity contribution in [2.75, 3.05) is 26.8 Å². The van der Waals surface area contributed by atoms with Gasteiger partial charge in [0.2, 0.25) is 0 Å². The van der Waals surface area contributed by atoms with Crippen LogP contribution in [0.15, 0.2) is 6.20 Å². The average molecular weight is 284 g/mol. The standard InChI is InChI=1S/C12H18ClN5O/c1-4-19-6-5-17(2)8-10-15-11(13)9-7-14-18(3)12(9)16-10/h7H,4-6,8H2,1-3H3. The number of aryl methyl sites for hydroxylation is 1. The molecule has 0 spiro atoms. The Kier molecular flexibility index (Phi) is 4.68. The van der Waals surface area contributed by atoms with Crippen LogP contribution in [0, 0.1) is 0 Å². The van der Waals surface area contributed by atoms with Gasteiger partial charge in [0.15, 0.2) is 5.65 Å². The van der Waals surface area contributed by atoms with Crippen molar-refractivity contribution in [3.63, 3.8) is 0 Å². The summed E-state index contributed by atoms with van der Waals surface area (Å²) in [4.78, 5) is 10.9. The van der Waals surface area contributed by atoms with Crippen LogP contribution in [0.1, 0.15) is 12.7 Å². The van der Waals surface area contributed by atoms with Crippen molar-refractivity contribution in [3.05, 3.63) is 17.2 Å². The van der Waals surface area contributed by atoms with E-state index in [1.165, 1.54) is 0 Å². The van der Waals surface area contributed by atoms with E-state index in [1.807, 2.05) is 21.0 Å². The predicted octanol–water partition coefficient (Wildman–Crippen LogP) is 1.49. The van der Waals surface area contributed by atoms with E-state index >= 15 is 0 Å². The molecular formula is C12H18ClN5O. The summed E-state index contributed by atoms with van der Waals surface area (Å²) >= 11 is 6.14. The zero-order valence-electron chi connectivity index (χ0n) is 11.4. The molecule has 0 bridgehead atoms. The van der Waals surface area contributed by atoms with Crippen LogP contribution in [0.25, 0.3) is 11.0 Å². The fourth-order valence-corrected chi connectivity index (χ4v) is 2.02. The van der Waals surface area contributed by atoms with Gasteiger partial charge in [0.1, 0.15) is 11.0 Å². The largest absolute Gasteiger partial charge is 0.380 e. The van der Waals surface area contributed by atoms with Gasteiger partial charge in [0.05, 0.1) is 24.7 Å². The molecule has 19 heavy (non-hydrogen) atoms. The molecule has 0 atom stereocenters. The first-order chi connectivity index (χ1) is 9.11. The van der Waals surface area contributed by atoms with E-state index in [1.54, 1.807) is 10.9 Å². The van der Waals surface area contributed by atoms with Crippen LogP contribution >= 0.6 is 11.6 Å². The van der Waals surface area contributed by atoms with Crippen molar-refractivity contribution < 1.29 is 4.74 Å². The maximum atomic E-state index is 6.14. The summed E-state index contributed by atoms with van der Waals surface area (Å²) in [6, 6.07) is 0. The summed E-state index contributed by atoms with van der Waals surface area (Å²) in [6.07, 6.45) is 1.68. The van der Waals surface area contributed by atoms with Crippen molar-refractivity contribution in [3.8, 4) is 0 Å². The highest BCUT2D eigenvalue weighted by molar-refractivity contribution is 6.33. The van der Waals surface area contributed by atoms with Crippen LogP contribution in [0.2, 0.25) is 5.15 Å². The lowest BCUT2D eigenvalue weighted by Crippen LogP contribution is -2.24. The quantitative estimate of drug-likeness (QED) is 0.594. The second kappa shape index (κ2) is 6.27. The molecule has 0 radical (unpaired) electrons. The van der Waals surface area contributed by atoms with Gasteiger partial charge in [-0.25, -0.2) is 9.97 Å². The number of likely N-dealkylation sites (N-methyl/N-ethyl adjacent to an activating group) is 1. The number of halogens is 1. The number of ether oxygens (including phenoxy) is 1. The summed E-state index contributed by atoms with van der Waals surface area (Å²) in [5.74, 6) is 0.695. The second-order valence-corrected chi connectivity index (χ2v) is 4.73. The minimum absolute atomic E-state index is 0.450. The van der Waals surface area contributed by atoms with E-state index in [0.29, 0.717) is 24.1 Å². The SMILES string of the molecule is CCOCCN(C)Cc1nc(Cl)c2cnn(C)c2n1. The van der Waals surface area contributed by atoms with Crippen LogP contribution in [-0.2, 0) is 18.3 Å². The highest BCUT2D eigenvalue weighted by Gasteiger charge is 2.11. The molecule has 0 fully saturated rings. The third kappa shape index (κ3) is 3.40. The number of nitrogens with zero attached hydrogens (tertiary/aromatic N) is 5. The monoisotopic (exact) mass is 283 g/mol. The lowest BCUT2D eigenvalue weighted by molar-refractivity contribution is 0.119. The molecule has 2 rings (SSSR count). The van der Waals surface area contributed by atoms with Crippen LogP contribution in [0.5, 0.6) is 0 Å². The molecule has 0 unspecified atom stereocenters. The molecule has 0 aromatic carbocycles. The average Bonchev–Trinajstić information content (AvgIpc) is 2.72. The highest BCUT2D eigenvalue weighted by Crippen LogP contribution is 2.19. The smallest absolute Gasteiger partial charge is 0.162 e. The second-order valence-electron chi connectivity index (χ2n) is 4.37. The third-order valence-corrected chi connectivity index (χ3v) is 3.11. The Morgan fingerprint density at radius 2 is 2.21 bits per heavy atom. The number of aromatic nitrogens is 4. The van der Waals surface area contributed by atoms with Gasteiger partial charge in [-0.2, -0.15) is 5.10 Å². The van der Waals surface area contributed by atoms with Gasteiger partial charge in [-0.05, 0) is 14.0 Å². The zero-order valence-corrected chi connectivity index (χ0v) is 12.2. The summed E-state index contributed by atoms with van der Waals surface area (Å²) in [5, 5.41) is 5.37. The summed E-state index contributed by atoms with van der Waals surface area (Å²) < 4.78 is 7.02. The fraction of sp³-hybridized carbons (Fsp3) is 0.583. The van der Waals surface area contributed by atoms with Gasteiger partial charge in [-0.15, -0.1) is 0 Å². The Bertz CT molecular complexity index is 556. The van der Waals surface area contributed by atoms with E-state index in [-0.39, 0.29) is 0 Å². The molecule has 0 N–H and O–H groups in total. The molecule has 6 nitrogen and oxygen atoms in total. The Labute approximate surface area is 117 Å². The molecule has 7 heteroatoms. The fourth-order valence-electron chi connectivity index (χ4n) is 1.79. The molecule has 0 saturated heterocycles. The van der Waals surface area contributed by atoms with Gasteiger partial charge >= 0.3 is 0 Å². The zero-order chi connectivity index (χ0) is 13.8. The van der Waals surface area contributed by atoms with E-state index in [2.05, 4.69) is 20.0 Å². The van der Waals surface area contributed by atoms with E-state index < -0.39 is 0 Å².